The first kappa shape index (κ1) is 20.4. The number of fused-ring (bicyclic) bond motifs is 1. The highest BCUT2D eigenvalue weighted by Crippen LogP contribution is 2.51. The van der Waals surface area contributed by atoms with Crippen molar-refractivity contribution in [2.75, 3.05) is 0 Å². The van der Waals surface area contributed by atoms with E-state index in [1.807, 2.05) is 25.2 Å². The molecule has 2 aromatic heterocycles. The lowest BCUT2D eigenvalue weighted by molar-refractivity contribution is -0.174. The number of carbonyl (C=O) groups is 1. The maximum Gasteiger partial charge on any atom is 0.223 e. The van der Waals surface area contributed by atoms with E-state index in [1.54, 1.807) is 6.26 Å². The zero-order valence-corrected chi connectivity index (χ0v) is 19.3. The van der Waals surface area contributed by atoms with Gasteiger partial charge in [-0.3, -0.25) is 4.79 Å². The van der Waals surface area contributed by atoms with Crippen LogP contribution in [0.5, 0.6) is 0 Å². The molecule has 1 aromatic carbocycles. The third-order valence-electron chi connectivity index (χ3n) is 8.11. The minimum absolute atomic E-state index is 0.0378. The van der Waals surface area contributed by atoms with E-state index in [9.17, 15) is 9.90 Å². The fourth-order valence-electron chi connectivity index (χ4n) is 6.94. The van der Waals surface area contributed by atoms with Crippen molar-refractivity contribution in [1.29, 1.82) is 0 Å². The van der Waals surface area contributed by atoms with Gasteiger partial charge < -0.3 is 19.0 Å². The second-order valence-electron chi connectivity index (χ2n) is 10.4. The molecular weight excluding hydrogens is 424 g/mol. The Morgan fingerprint density at radius 2 is 2.00 bits per heavy atom. The van der Waals surface area contributed by atoms with E-state index in [-0.39, 0.29) is 23.9 Å². The number of carbonyl (C=O) groups excluding carboxylic acids is 1. The number of nitrogens with zero attached hydrogens (tertiary/aromatic N) is 2. The van der Waals surface area contributed by atoms with Gasteiger partial charge >= 0.3 is 0 Å². The number of piperidine rings is 2. The average molecular weight is 453 g/mol. The van der Waals surface area contributed by atoms with Crippen LogP contribution in [0.1, 0.15) is 56.9 Å². The van der Waals surface area contributed by atoms with Gasteiger partial charge in [-0.25, -0.2) is 0 Å². The monoisotopic (exact) mass is 452 g/mol. The third kappa shape index (κ3) is 3.05. The van der Waals surface area contributed by atoms with Gasteiger partial charge in [0.2, 0.25) is 5.91 Å². The molecule has 2 saturated carbocycles. The molecular formula is C26H29ClN2O3. The molecule has 32 heavy (non-hydrogen) atoms. The van der Waals surface area contributed by atoms with Crippen LogP contribution in [-0.4, -0.2) is 38.2 Å². The molecule has 3 unspecified atom stereocenters. The summed E-state index contributed by atoms with van der Waals surface area (Å²) >= 11 is 6.90. The fourth-order valence-corrected chi connectivity index (χ4v) is 7.31. The zero-order chi connectivity index (χ0) is 22.2. The van der Waals surface area contributed by atoms with Crippen LogP contribution >= 0.6 is 11.6 Å². The highest BCUT2D eigenvalue weighted by molar-refractivity contribution is 6.38. The van der Waals surface area contributed by atoms with Gasteiger partial charge in [0, 0.05) is 48.2 Å². The lowest BCUT2D eigenvalue weighted by Gasteiger charge is -2.59. The Morgan fingerprint density at radius 3 is 2.66 bits per heavy atom. The van der Waals surface area contributed by atoms with Crippen LogP contribution in [-0.2, 0) is 11.8 Å². The summed E-state index contributed by atoms with van der Waals surface area (Å²) in [4.78, 5) is 15.6. The molecule has 6 heteroatoms. The third-order valence-corrected chi connectivity index (χ3v) is 8.50. The Balaban J connectivity index is 1.30. The van der Waals surface area contributed by atoms with E-state index in [1.165, 1.54) is 0 Å². The van der Waals surface area contributed by atoms with Gasteiger partial charge in [-0.15, -0.1) is 0 Å². The number of rotatable bonds is 4. The van der Waals surface area contributed by atoms with Crippen molar-refractivity contribution in [1.82, 2.24) is 9.47 Å². The molecule has 4 aliphatic rings. The highest BCUT2D eigenvalue weighted by atomic mass is 35.5. The van der Waals surface area contributed by atoms with Gasteiger partial charge in [0.05, 0.1) is 16.9 Å². The van der Waals surface area contributed by atoms with Crippen LogP contribution in [0.2, 0.25) is 5.02 Å². The molecule has 3 atom stereocenters. The number of hydrogen-bond acceptors (Lipinski definition) is 3. The smallest absolute Gasteiger partial charge is 0.223 e. The topological polar surface area (TPSA) is 58.6 Å². The van der Waals surface area contributed by atoms with Crippen molar-refractivity contribution in [3.05, 3.63) is 47.3 Å². The first-order chi connectivity index (χ1) is 15.3. The maximum absolute atomic E-state index is 13.5. The Kier molecular flexibility index (Phi) is 4.54. The molecule has 5 nitrogen and oxygen atoms in total. The Bertz CT molecular complexity index is 1180. The molecule has 7 rings (SSSR count). The van der Waals surface area contributed by atoms with Crippen LogP contribution in [0.15, 0.2) is 41.1 Å². The van der Waals surface area contributed by atoms with Crippen LogP contribution in [0, 0.1) is 5.92 Å². The summed E-state index contributed by atoms with van der Waals surface area (Å²) in [6.07, 6.45) is 8.71. The molecule has 2 aliphatic heterocycles. The predicted octanol–water partition coefficient (Wildman–Crippen LogP) is 5.49. The largest absolute Gasteiger partial charge is 0.464 e. The zero-order valence-electron chi connectivity index (χ0n) is 18.6. The maximum atomic E-state index is 13.5. The van der Waals surface area contributed by atoms with Gasteiger partial charge in [-0.2, -0.15) is 0 Å². The number of halogens is 1. The van der Waals surface area contributed by atoms with Crippen LogP contribution in [0.3, 0.4) is 0 Å². The lowest BCUT2D eigenvalue weighted by atomic mass is 9.61. The average Bonchev–Trinajstić information content (AvgIpc) is 3.35. The van der Waals surface area contributed by atoms with Crippen LogP contribution in [0.4, 0.5) is 0 Å². The van der Waals surface area contributed by atoms with Crippen molar-refractivity contribution in [2.45, 2.75) is 69.1 Å². The minimum Gasteiger partial charge on any atom is -0.464 e. The lowest BCUT2D eigenvalue weighted by Crippen LogP contribution is -2.65. The molecule has 168 valence electrons. The van der Waals surface area contributed by atoms with E-state index in [0.717, 1.165) is 59.9 Å². The van der Waals surface area contributed by atoms with Gasteiger partial charge in [0.15, 0.2) is 0 Å². The predicted molar refractivity (Wildman–Crippen MR) is 125 cm³/mol. The Hall–Kier alpha value is -2.24. The summed E-state index contributed by atoms with van der Waals surface area (Å²) in [7, 11) is 2.02. The molecule has 0 spiro atoms. The fraction of sp³-hybridized carbons (Fsp3) is 0.500. The SMILES string of the molecule is CC(CC(=O)N1C2CC3CC1CC(O)(C3)C2)c1cn(C)c2ccc(-c3ccco3)c(Cl)c12. The number of aromatic nitrogens is 1. The molecule has 0 radical (unpaired) electrons. The number of furan rings is 1. The van der Waals surface area contributed by atoms with E-state index in [2.05, 4.69) is 28.7 Å². The van der Waals surface area contributed by atoms with Crippen molar-refractivity contribution in [3.8, 4) is 11.3 Å². The second-order valence-corrected chi connectivity index (χ2v) is 10.8. The summed E-state index contributed by atoms with van der Waals surface area (Å²) in [5.41, 5.74) is 2.48. The van der Waals surface area contributed by atoms with E-state index >= 15 is 0 Å². The van der Waals surface area contributed by atoms with E-state index < -0.39 is 5.60 Å². The van der Waals surface area contributed by atoms with Gasteiger partial charge in [-0.05, 0) is 73.8 Å². The van der Waals surface area contributed by atoms with Crippen molar-refractivity contribution < 1.29 is 14.3 Å². The number of amides is 1. The number of aliphatic hydroxyl groups is 1. The molecule has 2 aliphatic carbocycles. The summed E-state index contributed by atoms with van der Waals surface area (Å²) in [5, 5.41) is 12.5. The number of hydrogen-bond donors (Lipinski definition) is 1. The molecule has 4 heterocycles. The summed E-state index contributed by atoms with van der Waals surface area (Å²) in [6, 6.07) is 8.24. The first-order valence-electron chi connectivity index (χ1n) is 11.7. The molecule has 4 bridgehead atoms. The van der Waals surface area contributed by atoms with E-state index in [0.29, 0.717) is 17.4 Å². The summed E-state index contributed by atoms with van der Waals surface area (Å²) in [5.74, 6) is 1.57. The second kappa shape index (κ2) is 7.13. The molecule has 3 aromatic rings. The normalized spacial score (nSPS) is 29.8. The van der Waals surface area contributed by atoms with Crippen molar-refractivity contribution >= 4 is 28.4 Å². The quantitative estimate of drug-likeness (QED) is 0.569. The van der Waals surface area contributed by atoms with Gasteiger partial charge in [0.25, 0.3) is 0 Å². The standard InChI is InChI=1S/C26H29ClN2O3/c1-15(8-23(30)29-17-9-16-10-18(29)13-26(31,11-16)12-17)20-14-28(2)21-6-5-19(25(27)24(20)21)22-4-3-7-32-22/h3-7,14-18,31H,8-13H2,1-2H3. The molecule has 1 amide bonds. The molecule has 4 fully saturated rings. The first-order valence-corrected chi connectivity index (χ1v) is 12.1. The highest BCUT2D eigenvalue weighted by Gasteiger charge is 2.54. The summed E-state index contributed by atoms with van der Waals surface area (Å²) < 4.78 is 7.68. The number of aryl methyl sites for hydroxylation is 1. The van der Waals surface area contributed by atoms with Crippen LogP contribution < -0.4 is 0 Å². The van der Waals surface area contributed by atoms with Gasteiger partial charge in [0.1, 0.15) is 5.76 Å². The minimum atomic E-state index is -0.537. The summed E-state index contributed by atoms with van der Waals surface area (Å²) in [6.45, 7) is 2.12. The van der Waals surface area contributed by atoms with Crippen molar-refractivity contribution in [3.63, 3.8) is 0 Å². The van der Waals surface area contributed by atoms with Crippen LogP contribution in [0.25, 0.3) is 22.2 Å². The van der Waals surface area contributed by atoms with Gasteiger partial charge in [-0.1, -0.05) is 18.5 Å². The Labute approximate surface area is 192 Å². The molecule has 2 saturated heterocycles. The number of benzene rings is 1. The van der Waals surface area contributed by atoms with Crippen molar-refractivity contribution in [2.24, 2.45) is 13.0 Å². The molecule has 1 N–H and O–H groups in total. The van der Waals surface area contributed by atoms with E-state index in [4.69, 9.17) is 16.0 Å². The Morgan fingerprint density at radius 1 is 1.25 bits per heavy atom.